The van der Waals surface area contributed by atoms with E-state index in [1.165, 1.54) is 19.4 Å². The van der Waals surface area contributed by atoms with E-state index in [9.17, 15) is 0 Å². The number of nitrogens with zero attached hydrogens (tertiary/aromatic N) is 1. The Morgan fingerprint density at radius 3 is 3.55 bits per heavy atom. The van der Waals surface area contributed by atoms with E-state index in [4.69, 9.17) is 4.74 Å². The molecule has 0 unspecified atom stereocenters. The highest BCUT2D eigenvalue weighted by Gasteiger charge is 2.39. The van der Waals surface area contributed by atoms with Crippen LogP contribution >= 0.6 is 0 Å². The number of hydrogen-bond donors (Lipinski definition) is 0. The zero-order valence-electron chi connectivity index (χ0n) is 6.62. The molecule has 60 valence electrons. The molecule has 2 nitrogen and oxygen atoms in total. The summed E-state index contributed by atoms with van der Waals surface area (Å²) in [6, 6.07) is 1.45. The molecule has 0 radical (unpaired) electrons. The van der Waals surface area contributed by atoms with E-state index >= 15 is 0 Å². The molecule has 0 aromatic heterocycles. The summed E-state index contributed by atoms with van der Waals surface area (Å²) in [7, 11) is 0. The second-order valence-electron chi connectivity index (χ2n) is 3.72. The highest BCUT2D eigenvalue weighted by atomic mass is 16.5. The number of rotatable bonds is 0. The molecule has 2 fully saturated rings. The van der Waals surface area contributed by atoms with Crippen molar-refractivity contribution in [3.8, 4) is 0 Å². The minimum Gasteiger partial charge on any atom is -0.375 e. The maximum absolute atomic E-state index is 5.41. The van der Waals surface area contributed by atoms with Gasteiger partial charge in [0.05, 0.1) is 19.3 Å². The van der Waals surface area contributed by atoms with E-state index in [1.54, 1.807) is 5.57 Å². The maximum Gasteiger partial charge on any atom is 0.0694 e. The molecule has 2 atom stereocenters. The van der Waals surface area contributed by atoms with E-state index in [2.05, 4.69) is 11.0 Å². The lowest BCUT2D eigenvalue weighted by atomic mass is 10.1. The Bertz CT molecular complexity index is 212. The Morgan fingerprint density at radius 2 is 2.55 bits per heavy atom. The first kappa shape index (κ1) is 6.21. The SMILES string of the molecule is C1=C2COC[C@@H]2N2CCC[C@H]12. The molecule has 0 aromatic carbocycles. The normalized spacial score (nSPS) is 42.4. The van der Waals surface area contributed by atoms with Gasteiger partial charge in [0.1, 0.15) is 0 Å². The molecule has 0 spiro atoms. The van der Waals surface area contributed by atoms with Crippen LogP contribution in [0.1, 0.15) is 12.8 Å². The van der Waals surface area contributed by atoms with Gasteiger partial charge >= 0.3 is 0 Å². The molecule has 0 bridgehead atoms. The first-order valence-corrected chi connectivity index (χ1v) is 4.49. The molecule has 0 saturated carbocycles. The molecule has 11 heavy (non-hydrogen) atoms. The molecule has 0 N–H and O–H groups in total. The van der Waals surface area contributed by atoms with Crippen LogP contribution in [0.15, 0.2) is 11.6 Å². The van der Waals surface area contributed by atoms with Crippen molar-refractivity contribution in [1.29, 1.82) is 0 Å². The molecule has 3 aliphatic heterocycles. The van der Waals surface area contributed by atoms with Gasteiger partial charge in [-0.05, 0) is 25.0 Å². The van der Waals surface area contributed by atoms with E-state index in [0.717, 1.165) is 19.3 Å². The minimum absolute atomic E-state index is 0.669. The lowest BCUT2D eigenvalue weighted by Crippen LogP contribution is -2.34. The van der Waals surface area contributed by atoms with Gasteiger partial charge < -0.3 is 4.74 Å². The van der Waals surface area contributed by atoms with Crippen molar-refractivity contribution in [2.75, 3.05) is 19.8 Å². The number of fused-ring (bicyclic) bond motifs is 3. The van der Waals surface area contributed by atoms with Crippen LogP contribution in [-0.2, 0) is 4.74 Å². The monoisotopic (exact) mass is 151 g/mol. The predicted molar refractivity (Wildman–Crippen MR) is 42.4 cm³/mol. The summed E-state index contributed by atoms with van der Waals surface area (Å²) < 4.78 is 5.41. The topological polar surface area (TPSA) is 12.5 Å². The average Bonchev–Trinajstić information content (AvgIpc) is 2.52. The van der Waals surface area contributed by atoms with Crippen molar-refractivity contribution >= 4 is 0 Å². The van der Waals surface area contributed by atoms with Gasteiger partial charge in [-0.25, -0.2) is 0 Å². The molecule has 2 heteroatoms. The molecule has 0 amide bonds. The van der Waals surface area contributed by atoms with Crippen LogP contribution in [0.5, 0.6) is 0 Å². The minimum atomic E-state index is 0.669. The van der Waals surface area contributed by atoms with E-state index in [0.29, 0.717) is 6.04 Å². The lowest BCUT2D eigenvalue weighted by Gasteiger charge is -2.21. The van der Waals surface area contributed by atoms with E-state index < -0.39 is 0 Å². The van der Waals surface area contributed by atoms with Gasteiger partial charge in [0.2, 0.25) is 0 Å². The first-order valence-electron chi connectivity index (χ1n) is 4.49. The van der Waals surface area contributed by atoms with Gasteiger partial charge in [0.25, 0.3) is 0 Å². The summed E-state index contributed by atoms with van der Waals surface area (Å²) in [5.41, 5.74) is 1.55. The fraction of sp³-hybridized carbons (Fsp3) is 0.778. The summed E-state index contributed by atoms with van der Waals surface area (Å²) in [5.74, 6) is 0. The van der Waals surface area contributed by atoms with Crippen LogP contribution in [0.4, 0.5) is 0 Å². The second kappa shape index (κ2) is 2.08. The Kier molecular flexibility index (Phi) is 1.17. The largest absolute Gasteiger partial charge is 0.375 e. The van der Waals surface area contributed by atoms with E-state index in [-0.39, 0.29) is 0 Å². The van der Waals surface area contributed by atoms with Crippen LogP contribution < -0.4 is 0 Å². The van der Waals surface area contributed by atoms with Crippen LogP contribution in [-0.4, -0.2) is 36.7 Å². The van der Waals surface area contributed by atoms with Crippen molar-refractivity contribution in [3.63, 3.8) is 0 Å². The third kappa shape index (κ3) is 0.741. The highest BCUT2D eigenvalue weighted by molar-refractivity contribution is 5.26. The summed E-state index contributed by atoms with van der Waals surface area (Å²) in [6.45, 7) is 3.14. The summed E-state index contributed by atoms with van der Waals surface area (Å²) in [5, 5.41) is 0. The molecule has 3 heterocycles. The average molecular weight is 151 g/mol. The molecular weight excluding hydrogens is 138 g/mol. The molecule has 3 aliphatic rings. The van der Waals surface area contributed by atoms with Crippen LogP contribution in [0.2, 0.25) is 0 Å². The Morgan fingerprint density at radius 1 is 1.55 bits per heavy atom. The van der Waals surface area contributed by atoms with Gasteiger partial charge in [-0.15, -0.1) is 0 Å². The van der Waals surface area contributed by atoms with Crippen molar-refractivity contribution in [2.24, 2.45) is 0 Å². The highest BCUT2D eigenvalue weighted by Crippen LogP contribution is 2.34. The van der Waals surface area contributed by atoms with Crippen LogP contribution in [0.25, 0.3) is 0 Å². The second-order valence-corrected chi connectivity index (χ2v) is 3.72. The maximum atomic E-state index is 5.41. The van der Waals surface area contributed by atoms with Crippen molar-refractivity contribution in [2.45, 2.75) is 24.9 Å². The van der Waals surface area contributed by atoms with Gasteiger partial charge in [0.15, 0.2) is 0 Å². The molecule has 0 aromatic rings. The lowest BCUT2D eigenvalue weighted by molar-refractivity contribution is 0.149. The Balaban J connectivity index is 1.93. The third-order valence-corrected chi connectivity index (χ3v) is 3.12. The summed E-state index contributed by atoms with van der Waals surface area (Å²) in [6.07, 6.45) is 5.19. The number of ether oxygens (including phenoxy) is 1. The molecular formula is C9H13NO. The quantitative estimate of drug-likeness (QED) is 0.475. The fourth-order valence-corrected chi connectivity index (χ4v) is 2.59. The van der Waals surface area contributed by atoms with Crippen LogP contribution in [0.3, 0.4) is 0 Å². The molecule has 0 aliphatic carbocycles. The first-order chi connectivity index (χ1) is 5.45. The summed E-state index contributed by atoms with van der Waals surface area (Å²) in [4.78, 5) is 2.60. The fourth-order valence-electron chi connectivity index (χ4n) is 2.59. The van der Waals surface area contributed by atoms with Gasteiger partial charge in [-0.2, -0.15) is 0 Å². The van der Waals surface area contributed by atoms with Gasteiger partial charge in [-0.1, -0.05) is 6.08 Å². The zero-order valence-corrected chi connectivity index (χ0v) is 6.62. The Hall–Kier alpha value is -0.340. The standard InChI is InChI=1S/C9H13NO/c1-2-8-4-7-5-11-6-9(7)10(8)3-1/h4,8-9H,1-3,5-6H2/t8-,9+/m1/s1. The summed E-state index contributed by atoms with van der Waals surface area (Å²) >= 11 is 0. The van der Waals surface area contributed by atoms with E-state index in [1.807, 2.05) is 0 Å². The molecule has 2 saturated heterocycles. The predicted octanol–water partition coefficient (Wildman–Crippen LogP) is 0.790. The smallest absolute Gasteiger partial charge is 0.0694 e. The van der Waals surface area contributed by atoms with Gasteiger partial charge in [0, 0.05) is 6.04 Å². The van der Waals surface area contributed by atoms with Crippen molar-refractivity contribution < 1.29 is 4.74 Å². The van der Waals surface area contributed by atoms with Crippen LogP contribution in [0, 0.1) is 0 Å². The number of hydrogen-bond acceptors (Lipinski definition) is 2. The Labute approximate surface area is 66.8 Å². The van der Waals surface area contributed by atoms with Gasteiger partial charge in [-0.3, -0.25) is 4.90 Å². The van der Waals surface area contributed by atoms with Crippen molar-refractivity contribution in [3.05, 3.63) is 11.6 Å². The zero-order chi connectivity index (χ0) is 7.26. The molecule has 3 rings (SSSR count). The van der Waals surface area contributed by atoms with Crippen molar-refractivity contribution in [1.82, 2.24) is 4.90 Å². The third-order valence-electron chi connectivity index (χ3n) is 3.12.